The summed E-state index contributed by atoms with van der Waals surface area (Å²) in [5, 5.41) is 14.7. The van der Waals surface area contributed by atoms with Crippen molar-refractivity contribution in [2.75, 3.05) is 5.32 Å². The Labute approximate surface area is 230 Å². The van der Waals surface area contributed by atoms with Crippen LogP contribution < -0.4 is 5.32 Å². The molecular formula is C29H21BrN4O5. The summed E-state index contributed by atoms with van der Waals surface area (Å²) in [6, 6.07) is 18.8. The summed E-state index contributed by atoms with van der Waals surface area (Å²) in [6.07, 6.45) is 5.41. The van der Waals surface area contributed by atoms with Crippen molar-refractivity contribution in [3.8, 4) is 17.3 Å². The van der Waals surface area contributed by atoms with E-state index in [9.17, 15) is 14.7 Å². The molecule has 0 radical (unpaired) electrons. The van der Waals surface area contributed by atoms with E-state index in [0.717, 1.165) is 26.9 Å². The van der Waals surface area contributed by atoms with Crippen LogP contribution in [0.25, 0.3) is 39.1 Å². The van der Waals surface area contributed by atoms with E-state index in [1.165, 1.54) is 0 Å². The molecular weight excluding hydrogens is 564 g/mol. The highest BCUT2D eigenvalue weighted by molar-refractivity contribution is 9.10. The molecule has 10 heteroatoms. The van der Waals surface area contributed by atoms with E-state index in [0.29, 0.717) is 46.6 Å². The standard InChI is InChI=1S/C29H21BrN4O5/c30-18-6-8-25-21(14-18)23(20(9-10-35)28(36)37)16-34(25)29-32-24-7-5-17(26-4-2-12-39-26)13-22(24)27(33-29)31-15-19-3-1-11-38-19/h1-8,10-14,16,20H,9,15H2,(H,36,37)(H,31,32,33). The number of aromatic nitrogens is 3. The topological polar surface area (TPSA) is 123 Å². The number of nitrogens with one attached hydrogen (secondary N) is 1. The van der Waals surface area contributed by atoms with Gasteiger partial charge < -0.3 is 24.1 Å². The number of carboxylic acid groups (broad SMARTS) is 1. The summed E-state index contributed by atoms with van der Waals surface area (Å²) < 4.78 is 13.6. The number of benzene rings is 2. The van der Waals surface area contributed by atoms with Gasteiger partial charge in [-0.3, -0.25) is 9.36 Å². The largest absolute Gasteiger partial charge is 0.481 e. The number of nitrogens with zero attached hydrogens (tertiary/aromatic N) is 3. The van der Waals surface area contributed by atoms with E-state index in [1.54, 1.807) is 23.3 Å². The fraction of sp³-hybridized carbons (Fsp3) is 0.103. The van der Waals surface area contributed by atoms with Gasteiger partial charge in [0.1, 0.15) is 23.6 Å². The number of rotatable bonds is 9. The Bertz CT molecular complexity index is 1810. The zero-order chi connectivity index (χ0) is 26.9. The Morgan fingerprint density at radius 2 is 1.90 bits per heavy atom. The molecule has 194 valence electrons. The monoisotopic (exact) mass is 584 g/mol. The molecule has 2 aromatic carbocycles. The smallest absolute Gasteiger partial charge is 0.311 e. The average molecular weight is 585 g/mol. The number of halogens is 1. The zero-order valence-corrected chi connectivity index (χ0v) is 22.0. The molecule has 0 saturated heterocycles. The number of furan rings is 2. The summed E-state index contributed by atoms with van der Waals surface area (Å²) in [5.41, 5.74) is 2.78. The molecule has 0 bridgehead atoms. The lowest BCUT2D eigenvalue weighted by molar-refractivity contribution is -0.139. The van der Waals surface area contributed by atoms with Gasteiger partial charge in [-0.25, -0.2) is 4.98 Å². The summed E-state index contributed by atoms with van der Waals surface area (Å²) >= 11 is 3.48. The first kappa shape index (κ1) is 24.6. The van der Waals surface area contributed by atoms with Crippen LogP contribution in [0.15, 0.2) is 92.7 Å². The summed E-state index contributed by atoms with van der Waals surface area (Å²) in [7, 11) is 0. The number of carbonyl (C=O) groups excluding carboxylic acids is 1. The summed E-state index contributed by atoms with van der Waals surface area (Å²) in [4.78, 5) is 33.1. The van der Waals surface area contributed by atoms with E-state index in [1.807, 2.05) is 60.7 Å². The third kappa shape index (κ3) is 4.70. The first-order valence-corrected chi connectivity index (χ1v) is 12.9. The number of fused-ring (bicyclic) bond motifs is 2. The molecule has 39 heavy (non-hydrogen) atoms. The molecule has 0 fully saturated rings. The first-order valence-electron chi connectivity index (χ1n) is 12.1. The Kier molecular flexibility index (Phi) is 6.45. The Morgan fingerprint density at radius 1 is 1.05 bits per heavy atom. The number of aliphatic carboxylic acids is 1. The molecule has 4 heterocycles. The lowest BCUT2D eigenvalue weighted by atomic mass is 9.96. The average Bonchev–Trinajstić information content (AvgIpc) is 3.71. The highest BCUT2D eigenvalue weighted by atomic mass is 79.9. The lowest BCUT2D eigenvalue weighted by Crippen LogP contribution is -2.12. The van der Waals surface area contributed by atoms with Crippen molar-refractivity contribution in [1.82, 2.24) is 14.5 Å². The van der Waals surface area contributed by atoms with Gasteiger partial charge in [-0.15, -0.1) is 0 Å². The van der Waals surface area contributed by atoms with Gasteiger partial charge in [-0.05, 0) is 66.2 Å². The molecule has 0 amide bonds. The van der Waals surface area contributed by atoms with Crippen molar-refractivity contribution in [3.63, 3.8) is 0 Å². The number of carbonyl (C=O) groups is 2. The quantitative estimate of drug-likeness (QED) is 0.183. The fourth-order valence-corrected chi connectivity index (χ4v) is 5.03. The van der Waals surface area contributed by atoms with E-state index in [2.05, 4.69) is 21.2 Å². The molecule has 9 nitrogen and oxygen atoms in total. The minimum atomic E-state index is -1.08. The third-order valence-electron chi connectivity index (χ3n) is 6.52. The maximum Gasteiger partial charge on any atom is 0.311 e. The molecule has 1 unspecified atom stereocenters. The van der Waals surface area contributed by atoms with Gasteiger partial charge in [0, 0.05) is 33.4 Å². The van der Waals surface area contributed by atoms with Crippen molar-refractivity contribution in [2.24, 2.45) is 0 Å². The van der Waals surface area contributed by atoms with E-state index < -0.39 is 11.9 Å². The van der Waals surface area contributed by atoms with E-state index in [4.69, 9.17) is 18.8 Å². The molecule has 2 N–H and O–H groups in total. The molecule has 0 saturated carbocycles. The maximum absolute atomic E-state index is 12.1. The molecule has 0 aliphatic heterocycles. The molecule has 4 aromatic heterocycles. The molecule has 0 spiro atoms. The van der Waals surface area contributed by atoms with Gasteiger partial charge >= 0.3 is 5.97 Å². The minimum absolute atomic E-state index is 0.148. The van der Waals surface area contributed by atoms with Crippen molar-refractivity contribution < 1.29 is 23.5 Å². The molecule has 0 aliphatic carbocycles. The van der Waals surface area contributed by atoms with Crippen molar-refractivity contribution in [1.29, 1.82) is 0 Å². The van der Waals surface area contributed by atoms with Gasteiger partial charge in [0.25, 0.3) is 0 Å². The van der Waals surface area contributed by atoms with Crippen molar-refractivity contribution in [2.45, 2.75) is 18.9 Å². The minimum Gasteiger partial charge on any atom is -0.481 e. The molecule has 1 atom stereocenters. The highest BCUT2D eigenvalue weighted by Crippen LogP contribution is 2.35. The number of hydrogen-bond acceptors (Lipinski definition) is 7. The second kappa shape index (κ2) is 10.2. The van der Waals surface area contributed by atoms with Crippen LogP contribution in [0.3, 0.4) is 0 Å². The second-order valence-corrected chi connectivity index (χ2v) is 9.84. The van der Waals surface area contributed by atoms with Gasteiger partial charge in [0.15, 0.2) is 0 Å². The van der Waals surface area contributed by atoms with Crippen LogP contribution in [-0.4, -0.2) is 31.9 Å². The molecule has 6 aromatic rings. The number of anilines is 1. The first-order chi connectivity index (χ1) is 19.0. The van der Waals surface area contributed by atoms with Crippen LogP contribution in [0.5, 0.6) is 0 Å². The normalized spacial score (nSPS) is 12.1. The lowest BCUT2D eigenvalue weighted by Gasteiger charge is -2.12. The van der Waals surface area contributed by atoms with Crippen LogP contribution in [0.2, 0.25) is 0 Å². The summed E-state index contributed by atoms with van der Waals surface area (Å²) in [6.45, 7) is 0.397. The number of carboxylic acids is 1. The van der Waals surface area contributed by atoms with Crippen LogP contribution in [0, 0.1) is 0 Å². The number of hydrogen-bond donors (Lipinski definition) is 2. The van der Waals surface area contributed by atoms with Gasteiger partial charge in [0.05, 0.1) is 36.0 Å². The highest BCUT2D eigenvalue weighted by Gasteiger charge is 2.25. The Hall–Kier alpha value is -4.70. The van der Waals surface area contributed by atoms with Gasteiger partial charge in [-0.1, -0.05) is 15.9 Å². The molecule has 6 rings (SSSR count). The Balaban J connectivity index is 1.54. The van der Waals surface area contributed by atoms with Gasteiger partial charge in [0.2, 0.25) is 5.95 Å². The van der Waals surface area contributed by atoms with Crippen molar-refractivity contribution >= 4 is 55.8 Å². The van der Waals surface area contributed by atoms with Crippen LogP contribution in [0.4, 0.5) is 5.82 Å². The SMILES string of the molecule is O=CCC(C(=O)O)c1cn(-c2nc(NCc3ccco3)c3cc(-c4ccco4)ccc3n2)c2ccc(Br)cc12. The summed E-state index contributed by atoms with van der Waals surface area (Å²) in [5.74, 6) is 0.300. The Morgan fingerprint density at radius 3 is 2.64 bits per heavy atom. The van der Waals surface area contributed by atoms with E-state index >= 15 is 0 Å². The predicted molar refractivity (Wildman–Crippen MR) is 149 cm³/mol. The van der Waals surface area contributed by atoms with Crippen LogP contribution >= 0.6 is 15.9 Å². The third-order valence-corrected chi connectivity index (χ3v) is 7.01. The molecule has 0 aliphatic rings. The maximum atomic E-state index is 12.1. The number of aldehydes is 1. The predicted octanol–water partition coefficient (Wildman–Crippen LogP) is 6.56. The zero-order valence-electron chi connectivity index (χ0n) is 20.4. The van der Waals surface area contributed by atoms with Gasteiger partial charge in [-0.2, -0.15) is 4.98 Å². The van der Waals surface area contributed by atoms with E-state index in [-0.39, 0.29) is 6.42 Å². The van der Waals surface area contributed by atoms with Crippen LogP contribution in [-0.2, 0) is 16.1 Å². The van der Waals surface area contributed by atoms with Crippen molar-refractivity contribution in [3.05, 3.63) is 95.2 Å². The second-order valence-electron chi connectivity index (χ2n) is 8.92. The fourth-order valence-electron chi connectivity index (χ4n) is 4.67. The van der Waals surface area contributed by atoms with Crippen LogP contribution in [0.1, 0.15) is 23.7 Å².